The zero-order chi connectivity index (χ0) is 23.4. The van der Waals surface area contributed by atoms with Gasteiger partial charge in [0, 0.05) is 16.9 Å². The number of nitrogens with one attached hydrogen (secondary N) is 2. The minimum absolute atomic E-state index is 0.00687. The number of ether oxygens (including phenoxy) is 2. The van der Waals surface area contributed by atoms with Crippen LogP contribution in [0.1, 0.15) is 22.8 Å². The molecule has 2 amide bonds. The lowest BCUT2D eigenvalue weighted by Crippen LogP contribution is -2.38. The summed E-state index contributed by atoms with van der Waals surface area (Å²) in [5, 5.41) is 5.68. The number of esters is 1. The highest BCUT2D eigenvalue weighted by Gasteiger charge is 2.30. The second kappa shape index (κ2) is 9.34. The number of amides is 2. The van der Waals surface area contributed by atoms with Crippen molar-refractivity contribution in [2.75, 3.05) is 17.2 Å². The van der Waals surface area contributed by atoms with Crippen molar-refractivity contribution in [2.45, 2.75) is 12.5 Å². The molecule has 0 aliphatic carbocycles. The first-order chi connectivity index (χ1) is 15.8. The van der Waals surface area contributed by atoms with Crippen LogP contribution in [0.15, 0.2) is 72.8 Å². The highest BCUT2D eigenvalue weighted by Crippen LogP contribution is 2.33. The molecule has 1 aliphatic rings. The van der Waals surface area contributed by atoms with Crippen molar-refractivity contribution in [1.29, 1.82) is 0 Å². The van der Waals surface area contributed by atoms with Gasteiger partial charge in [-0.3, -0.25) is 0 Å². The summed E-state index contributed by atoms with van der Waals surface area (Å²) in [5.74, 6) is -0.331. The number of rotatable bonds is 5. The number of carbonyl (C=O) groups excluding carboxylic acids is 2. The summed E-state index contributed by atoms with van der Waals surface area (Å²) in [5.41, 5.74) is 1.20. The quantitative estimate of drug-likeness (QED) is 0.442. The van der Waals surface area contributed by atoms with Gasteiger partial charge in [-0.05, 0) is 67.6 Å². The molecule has 0 saturated carbocycles. The van der Waals surface area contributed by atoms with E-state index in [-0.39, 0.29) is 18.0 Å². The first-order valence-corrected chi connectivity index (χ1v) is 10.5. The van der Waals surface area contributed by atoms with Crippen LogP contribution in [0.5, 0.6) is 5.75 Å². The molecular weight excluding hydrogens is 447 g/mol. The summed E-state index contributed by atoms with van der Waals surface area (Å²) in [7, 11) is 0. The summed E-state index contributed by atoms with van der Waals surface area (Å²) in [4.78, 5) is 24.5. The number of hydrogen-bond acceptors (Lipinski definition) is 4. The van der Waals surface area contributed by atoms with E-state index in [0.717, 1.165) is 5.56 Å². The predicted molar refractivity (Wildman–Crippen MR) is 125 cm³/mol. The molecule has 0 fully saturated rings. The van der Waals surface area contributed by atoms with E-state index in [1.807, 2.05) is 6.08 Å². The molecule has 3 aromatic rings. The number of halogens is 2. The van der Waals surface area contributed by atoms with E-state index in [2.05, 4.69) is 10.6 Å². The Hall–Kier alpha value is -3.84. The van der Waals surface area contributed by atoms with E-state index in [1.54, 1.807) is 55.5 Å². The lowest BCUT2D eigenvalue weighted by molar-refractivity contribution is 0.0140. The summed E-state index contributed by atoms with van der Waals surface area (Å²) >= 11 is 6.05. The molecule has 1 aliphatic heterocycles. The van der Waals surface area contributed by atoms with Gasteiger partial charge in [-0.15, -0.1) is 0 Å². The summed E-state index contributed by atoms with van der Waals surface area (Å²) in [6.07, 6.45) is 3.63. The van der Waals surface area contributed by atoms with E-state index < -0.39 is 17.6 Å². The van der Waals surface area contributed by atoms with Gasteiger partial charge in [0.25, 0.3) is 0 Å². The van der Waals surface area contributed by atoms with Crippen LogP contribution in [-0.2, 0) is 4.74 Å². The Kier molecular flexibility index (Phi) is 6.33. The molecule has 33 heavy (non-hydrogen) atoms. The van der Waals surface area contributed by atoms with E-state index in [9.17, 15) is 14.0 Å². The molecule has 1 atom stereocenters. The van der Waals surface area contributed by atoms with E-state index >= 15 is 0 Å². The Morgan fingerprint density at radius 3 is 2.48 bits per heavy atom. The molecule has 4 rings (SSSR count). The number of fused-ring (bicyclic) bond motifs is 1. The Labute approximate surface area is 195 Å². The standard InChI is InChI=1S/C25H20ClFN2O4/c1-25(15-32-23(30)20-4-2-3-5-21(20)26)13-12-16-14-19(10-11-22(16)33-25)29-24(31)28-18-8-6-17(27)7-9-18/h2-14H,15H2,1H3,(H2,28,29,31). The minimum atomic E-state index is -0.862. The van der Waals surface area contributed by atoms with Crippen molar-refractivity contribution < 1.29 is 23.5 Å². The maximum atomic E-state index is 13.0. The average Bonchev–Trinajstić information content (AvgIpc) is 2.79. The SMILES string of the molecule is CC1(COC(=O)c2ccccc2Cl)C=Cc2cc(NC(=O)Nc3ccc(F)cc3)ccc2O1. The van der Waals surface area contributed by atoms with Gasteiger partial charge in [0.1, 0.15) is 18.2 Å². The predicted octanol–water partition coefficient (Wildman–Crippen LogP) is 6.14. The van der Waals surface area contributed by atoms with Crippen LogP contribution in [0.2, 0.25) is 5.02 Å². The molecule has 6 nitrogen and oxygen atoms in total. The minimum Gasteiger partial charge on any atom is -0.479 e. The molecule has 0 spiro atoms. The molecule has 0 saturated heterocycles. The molecule has 1 heterocycles. The smallest absolute Gasteiger partial charge is 0.339 e. The third kappa shape index (κ3) is 5.51. The fourth-order valence-electron chi connectivity index (χ4n) is 3.22. The molecular formula is C25H20ClFN2O4. The fraction of sp³-hybridized carbons (Fsp3) is 0.120. The third-order valence-electron chi connectivity index (χ3n) is 4.91. The van der Waals surface area contributed by atoms with Crippen LogP contribution in [0, 0.1) is 5.82 Å². The van der Waals surface area contributed by atoms with Gasteiger partial charge in [-0.25, -0.2) is 14.0 Å². The van der Waals surface area contributed by atoms with Crippen molar-refractivity contribution in [2.24, 2.45) is 0 Å². The van der Waals surface area contributed by atoms with E-state index in [0.29, 0.717) is 22.1 Å². The summed E-state index contributed by atoms with van der Waals surface area (Å²) in [6.45, 7) is 1.79. The topological polar surface area (TPSA) is 76.7 Å². The zero-order valence-corrected chi connectivity index (χ0v) is 18.4. The molecule has 0 bridgehead atoms. The maximum absolute atomic E-state index is 13.0. The van der Waals surface area contributed by atoms with Crippen molar-refractivity contribution in [1.82, 2.24) is 0 Å². The lowest BCUT2D eigenvalue weighted by atomic mass is 10.0. The molecule has 168 valence electrons. The first-order valence-electron chi connectivity index (χ1n) is 10.1. The Balaban J connectivity index is 1.37. The normalized spacial score (nSPS) is 16.3. The fourth-order valence-corrected chi connectivity index (χ4v) is 3.43. The van der Waals surface area contributed by atoms with Crippen LogP contribution in [0.4, 0.5) is 20.6 Å². The van der Waals surface area contributed by atoms with Gasteiger partial charge in [-0.1, -0.05) is 29.8 Å². The Morgan fingerprint density at radius 1 is 1.03 bits per heavy atom. The molecule has 1 unspecified atom stereocenters. The van der Waals surface area contributed by atoms with Gasteiger partial charge < -0.3 is 20.1 Å². The Morgan fingerprint density at radius 2 is 1.73 bits per heavy atom. The second-order valence-corrected chi connectivity index (χ2v) is 8.05. The van der Waals surface area contributed by atoms with Crippen molar-refractivity contribution in [3.8, 4) is 5.75 Å². The molecule has 2 N–H and O–H groups in total. The summed E-state index contributed by atoms with van der Waals surface area (Å²) < 4.78 is 24.5. The maximum Gasteiger partial charge on any atom is 0.339 e. The molecule has 3 aromatic carbocycles. The van der Waals surface area contributed by atoms with Crippen molar-refractivity contribution in [3.05, 3.63) is 94.8 Å². The summed E-state index contributed by atoms with van der Waals surface area (Å²) in [6, 6.07) is 16.8. The molecule has 0 aromatic heterocycles. The number of hydrogen-bond donors (Lipinski definition) is 2. The van der Waals surface area contributed by atoms with Crippen molar-refractivity contribution in [3.63, 3.8) is 0 Å². The highest BCUT2D eigenvalue weighted by molar-refractivity contribution is 6.33. The van der Waals surface area contributed by atoms with Gasteiger partial charge in [-0.2, -0.15) is 0 Å². The zero-order valence-electron chi connectivity index (χ0n) is 17.6. The monoisotopic (exact) mass is 466 g/mol. The lowest BCUT2D eigenvalue weighted by Gasteiger charge is -2.31. The average molecular weight is 467 g/mol. The van der Waals surface area contributed by atoms with Crippen LogP contribution in [0.25, 0.3) is 6.08 Å². The number of urea groups is 1. The van der Waals surface area contributed by atoms with Gasteiger partial charge in [0.2, 0.25) is 0 Å². The molecule has 8 heteroatoms. The van der Waals surface area contributed by atoms with Crippen LogP contribution in [-0.4, -0.2) is 24.2 Å². The van der Waals surface area contributed by atoms with Crippen LogP contribution in [0.3, 0.4) is 0 Å². The number of carbonyl (C=O) groups is 2. The number of anilines is 2. The number of benzene rings is 3. The van der Waals surface area contributed by atoms with Crippen LogP contribution < -0.4 is 15.4 Å². The van der Waals surface area contributed by atoms with Crippen LogP contribution >= 0.6 is 11.6 Å². The third-order valence-corrected chi connectivity index (χ3v) is 5.24. The van der Waals surface area contributed by atoms with E-state index in [4.69, 9.17) is 21.1 Å². The Bertz CT molecular complexity index is 1230. The van der Waals surface area contributed by atoms with Crippen molar-refractivity contribution >= 4 is 41.1 Å². The van der Waals surface area contributed by atoms with Gasteiger partial charge in [0.15, 0.2) is 5.60 Å². The van der Waals surface area contributed by atoms with E-state index in [1.165, 1.54) is 24.3 Å². The van der Waals surface area contributed by atoms with Gasteiger partial charge in [0.05, 0.1) is 10.6 Å². The largest absolute Gasteiger partial charge is 0.479 e. The second-order valence-electron chi connectivity index (χ2n) is 7.64. The first kappa shape index (κ1) is 22.4. The van der Waals surface area contributed by atoms with Gasteiger partial charge >= 0.3 is 12.0 Å². The molecule has 0 radical (unpaired) electrons. The highest BCUT2D eigenvalue weighted by atomic mass is 35.5.